The number of carbonyl (C=O) groups excluding carboxylic acids is 1. The Morgan fingerprint density at radius 2 is 1.90 bits per heavy atom. The lowest BCUT2D eigenvalue weighted by Crippen LogP contribution is -2.40. The molecular formula is C21H23ClN2O4S. The van der Waals surface area contributed by atoms with Gasteiger partial charge >= 0.3 is 0 Å². The van der Waals surface area contributed by atoms with Crippen molar-refractivity contribution in [2.45, 2.75) is 30.2 Å². The third-order valence-electron chi connectivity index (χ3n) is 5.46. The van der Waals surface area contributed by atoms with Crippen LogP contribution in [0.15, 0.2) is 47.4 Å². The highest BCUT2D eigenvalue weighted by molar-refractivity contribution is 7.89. The Balaban J connectivity index is 1.58. The molecule has 1 aliphatic heterocycles. The summed E-state index contributed by atoms with van der Waals surface area (Å²) in [6.07, 6.45) is 2.86. The molecule has 1 unspecified atom stereocenters. The predicted octanol–water partition coefficient (Wildman–Crippen LogP) is 3.17. The van der Waals surface area contributed by atoms with E-state index in [4.69, 9.17) is 16.3 Å². The first kappa shape index (κ1) is 20.3. The summed E-state index contributed by atoms with van der Waals surface area (Å²) in [5.74, 6) is -0.304. The van der Waals surface area contributed by atoms with Gasteiger partial charge in [0.25, 0.3) is 5.91 Å². The summed E-state index contributed by atoms with van der Waals surface area (Å²) < 4.78 is 32.6. The topological polar surface area (TPSA) is 75.7 Å². The van der Waals surface area contributed by atoms with Gasteiger partial charge in [-0.25, -0.2) is 8.42 Å². The van der Waals surface area contributed by atoms with Crippen LogP contribution in [0.4, 0.5) is 0 Å². The van der Waals surface area contributed by atoms with E-state index < -0.39 is 10.0 Å². The van der Waals surface area contributed by atoms with Crippen LogP contribution in [-0.2, 0) is 21.2 Å². The first-order valence-electron chi connectivity index (χ1n) is 9.73. The molecule has 6 nitrogen and oxygen atoms in total. The molecule has 1 aliphatic carbocycles. The lowest BCUT2D eigenvalue weighted by atomic mass is 9.87. The standard InChI is InChI=1S/C21H23ClN2O4S/c22-18-9-8-16(14-20(18)29(26,27)24-10-12-28-13-11-24)21(25)23-19-7-3-5-15-4-1-2-6-17(15)19/h1-2,4,6,8-9,14,19H,3,5,7,10-13H2,(H,23,25). The van der Waals surface area contributed by atoms with E-state index in [0.29, 0.717) is 13.2 Å². The van der Waals surface area contributed by atoms with E-state index >= 15 is 0 Å². The number of hydrogen-bond donors (Lipinski definition) is 1. The number of nitrogens with zero attached hydrogens (tertiary/aromatic N) is 1. The molecule has 29 heavy (non-hydrogen) atoms. The minimum Gasteiger partial charge on any atom is -0.379 e. The Bertz CT molecular complexity index is 1020. The fraction of sp³-hybridized carbons (Fsp3) is 0.381. The summed E-state index contributed by atoms with van der Waals surface area (Å²) >= 11 is 6.19. The Morgan fingerprint density at radius 1 is 1.14 bits per heavy atom. The first-order valence-corrected chi connectivity index (χ1v) is 11.5. The van der Waals surface area contributed by atoms with Crippen molar-refractivity contribution >= 4 is 27.5 Å². The van der Waals surface area contributed by atoms with Gasteiger partial charge in [-0.3, -0.25) is 4.79 Å². The quantitative estimate of drug-likeness (QED) is 0.801. The average Bonchev–Trinajstić information content (AvgIpc) is 2.75. The lowest BCUT2D eigenvalue weighted by Gasteiger charge is -2.27. The number of benzene rings is 2. The minimum atomic E-state index is -3.79. The number of rotatable bonds is 4. The van der Waals surface area contributed by atoms with Crippen LogP contribution in [0.25, 0.3) is 0 Å². The van der Waals surface area contributed by atoms with Crippen molar-refractivity contribution in [1.82, 2.24) is 9.62 Å². The van der Waals surface area contributed by atoms with Crippen LogP contribution in [-0.4, -0.2) is 44.9 Å². The van der Waals surface area contributed by atoms with Gasteiger partial charge in [-0.05, 0) is 48.6 Å². The van der Waals surface area contributed by atoms with Gasteiger partial charge < -0.3 is 10.1 Å². The maximum atomic E-state index is 13.0. The molecule has 2 aromatic carbocycles. The summed E-state index contributed by atoms with van der Waals surface area (Å²) in [4.78, 5) is 12.9. The number of fused-ring (bicyclic) bond motifs is 1. The second-order valence-corrected chi connectivity index (χ2v) is 9.59. The Labute approximate surface area is 175 Å². The zero-order valence-corrected chi connectivity index (χ0v) is 17.5. The van der Waals surface area contributed by atoms with Crippen molar-refractivity contribution in [3.63, 3.8) is 0 Å². The molecule has 0 spiro atoms. The number of hydrogen-bond acceptors (Lipinski definition) is 4. The van der Waals surface area contributed by atoms with E-state index in [1.165, 1.54) is 22.0 Å². The summed E-state index contributed by atoms with van der Waals surface area (Å²) in [6.45, 7) is 1.23. The molecule has 154 valence electrons. The monoisotopic (exact) mass is 434 g/mol. The van der Waals surface area contributed by atoms with Crippen LogP contribution in [0.2, 0.25) is 5.02 Å². The van der Waals surface area contributed by atoms with E-state index in [0.717, 1.165) is 24.8 Å². The molecule has 2 aromatic rings. The van der Waals surface area contributed by atoms with Gasteiger partial charge in [-0.15, -0.1) is 0 Å². The molecule has 1 atom stereocenters. The summed E-state index contributed by atoms with van der Waals surface area (Å²) in [5, 5.41) is 3.17. The van der Waals surface area contributed by atoms with Crippen molar-refractivity contribution in [2.24, 2.45) is 0 Å². The highest BCUT2D eigenvalue weighted by Gasteiger charge is 2.29. The molecule has 8 heteroatoms. The van der Waals surface area contributed by atoms with Crippen LogP contribution in [0, 0.1) is 0 Å². The van der Waals surface area contributed by atoms with E-state index in [1.807, 2.05) is 18.2 Å². The molecule has 0 saturated carbocycles. The maximum Gasteiger partial charge on any atom is 0.251 e. The lowest BCUT2D eigenvalue weighted by molar-refractivity contribution is 0.0730. The highest BCUT2D eigenvalue weighted by Crippen LogP contribution is 2.30. The molecule has 1 fully saturated rings. The van der Waals surface area contributed by atoms with Crippen molar-refractivity contribution in [1.29, 1.82) is 0 Å². The summed E-state index contributed by atoms with van der Waals surface area (Å²) in [5.41, 5.74) is 2.65. The number of morpholine rings is 1. The molecule has 1 N–H and O–H groups in total. The largest absolute Gasteiger partial charge is 0.379 e. The molecule has 0 radical (unpaired) electrons. The number of carbonyl (C=O) groups is 1. The predicted molar refractivity (Wildman–Crippen MR) is 111 cm³/mol. The normalized spacial score (nSPS) is 20.1. The van der Waals surface area contributed by atoms with Crippen LogP contribution < -0.4 is 5.32 Å². The highest BCUT2D eigenvalue weighted by atomic mass is 35.5. The molecule has 0 bridgehead atoms. The van der Waals surface area contributed by atoms with Gasteiger partial charge in [0, 0.05) is 18.7 Å². The van der Waals surface area contributed by atoms with Gasteiger partial charge in [-0.2, -0.15) is 4.31 Å². The SMILES string of the molecule is O=C(NC1CCCc2ccccc21)c1ccc(Cl)c(S(=O)(=O)N2CCOCC2)c1. The van der Waals surface area contributed by atoms with Crippen molar-refractivity contribution < 1.29 is 17.9 Å². The zero-order valence-electron chi connectivity index (χ0n) is 15.9. The molecule has 1 saturated heterocycles. The van der Waals surface area contributed by atoms with E-state index in [2.05, 4.69) is 11.4 Å². The Hall–Kier alpha value is -1.93. The molecule has 2 aliphatic rings. The molecule has 1 heterocycles. The Morgan fingerprint density at radius 3 is 2.69 bits per heavy atom. The van der Waals surface area contributed by atoms with Gasteiger partial charge in [0.1, 0.15) is 4.90 Å². The second kappa shape index (κ2) is 8.44. The number of aryl methyl sites for hydroxylation is 1. The number of amides is 1. The zero-order chi connectivity index (χ0) is 20.4. The van der Waals surface area contributed by atoms with Gasteiger partial charge in [0.05, 0.1) is 24.3 Å². The molecular weight excluding hydrogens is 412 g/mol. The average molecular weight is 435 g/mol. The first-order chi connectivity index (χ1) is 14.0. The third kappa shape index (κ3) is 4.19. The molecule has 0 aromatic heterocycles. The van der Waals surface area contributed by atoms with Crippen LogP contribution in [0.1, 0.15) is 40.4 Å². The third-order valence-corrected chi connectivity index (χ3v) is 7.84. The number of halogens is 1. The molecule has 1 amide bonds. The van der Waals surface area contributed by atoms with Crippen LogP contribution >= 0.6 is 11.6 Å². The summed E-state index contributed by atoms with van der Waals surface area (Å²) in [6, 6.07) is 12.4. The van der Waals surface area contributed by atoms with Gasteiger partial charge in [0.15, 0.2) is 0 Å². The molecule has 4 rings (SSSR count). The second-order valence-electron chi connectivity index (χ2n) is 7.28. The van der Waals surface area contributed by atoms with E-state index in [-0.39, 0.29) is 40.5 Å². The summed E-state index contributed by atoms with van der Waals surface area (Å²) in [7, 11) is -3.79. The van der Waals surface area contributed by atoms with Crippen LogP contribution in [0.5, 0.6) is 0 Å². The fourth-order valence-electron chi connectivity index (χ4n) is 3.91. The number of ether oxygens (including phenoxy) is 1. The number of nitrogens with one attached hydrogen (secondary N) is 1. The minimum absolute atomic E-state index is 0.0437. The van der Waals surface area contributed by atoms with Gasteiger partial charge in [-0.1, -0.05) is 35.9 Å². The van der Waals surface area contributed by atoms with Crippen molar-refractivity contribution in [3.8, 4) is 0 Å². The Kier molecular flexibility index (Phi) is 5.92. The van der Waals surface area contributed by atoms with Crippen molar-refractivity contribution in [3.05, 3.63) is 64.2 Å². The maximum absolute atomic E-state index is 13.0. The van der Waals surface area contributed by atoms with E-state index in [1.54, 1.807) is 6.07 Å². The van der Waals surface area contributed by atoms with Crippen molar-refractivity contribution in [2.75, 3.05) is 26.3 Å². The van der Waals surface area contributed by atoms with E-state index in [9.17, 15) is 13.2 Å². The van der Waals surface area contributed by atoms with Gasteiger partial charge in [0.2, 0.25) is 10.0 Å². The smallest absolute Gasteiger partial charge is 0.251 e. The van der Waals surface area contributed by atoms with Crippen LogP contribution in [0.3, 0.4) is 0 Å². The fourth-order valence-corrected chi connectivity index (χ4v) is 5.82. The number of sulfonamides is 1.